The van der Waals surface area contributed by atoms with Crippen molar-refractivity contribution in [3.8, 4) is 17.2 Å². The highest BCUT2D eigenvalue weighted by Gasteiger charge is 2.28. The third-order valence-electron chi connectivity index (χ3n) is 6.53. The number of amides is 1. The van der Waals surface area contributed by atoms with Crippen molar-refractivity contribution < 1.29 is 22.7 Å². The first kappa shape index (κ1) is 31.1. The van der Waals surface area contributed by atoms with Gasteiger partial charge in [-0.05, 0) is 55.8 Å². The minimum atomic E-state index is -4.12. The van der Waals surface area contributed by atoms with E-state index in [1.165, 1.54) is 38.6 Å². The van der Waals surface area contributed by atoms with E-state index in [9.17, 15) is 13.2 Å². The summed E-state index contributed by atoms with van der Waals surface area (Å²) in [6.45, 7) is 3.31. The maximum atomic E-state index is 13.7. The highest BCUT2D eigenvalue weighted by atomic mass is 35.5. The van der Waals surface area contributed by atoms with Gasteiger partial charge in [-0.15, -0.1) is 0 Å². The van der Waals surface area contributed by atoms with Gasteiger partial charge in [0.2, 0.25) is 10.0 Å². The van der Waals surface area contributed by atoms with Crippen LogP contribution in [0.3, 0.4) is 0 Å². The first-order valence-electron chi connectivity index (χ1n) is 12.8. The van der Waals surface area contributed by atoms with Gasteiger partial charge < -0.3 is 14.0 Å². The number of aromatic nitrogens is 1. The molecule has 1 aromatic heterocycles. The molecule has 1 amide bonds. The number of halogens is 2. The van der Waals surface area contributed by atoms with Crippen molar-refractivity contribution in [1.29, 1.82) is 0 Å². The second-order valence-electron chi connectivity index (χ2n) is 9.33. The van der Waals surface area contributed by atoms with Crippen molar-refractivity contribution in [2.75, 3.05) is 20.8 Å². The lowest BCUT2D eigenvalue weighted by Crippen LogP contribution is -2.39. The molecular weight excluding hydrogens is 599 g/mol. The molecule has 1 heterocycles. The zero-order valence-corrected chi connectivity index (χ0v) is 25.8. The molecule has 0 saturated heterocycles. The molecule has 4 aromatic rings. The minimum absolute atomic E-state index is 0.0315. The molecule has 0 bridgehead atoms. The number of aryl methyl sites for hydroxylation is 1. The highest BCUT2D eigenvalue weighted by Crippen LogP contribution is 2.31. The first-order valence-corrected chi connectivity index (χ1v) is 15.0. The van der Waals surface area contributed by atoms with Crippen LogP contribution in [0.2, 0.25) is 10.0 Å². The number of hydrazone groups is 1. The zero-order chi connectivity index (χ0) is 30.4. The molecule has 0 saturated carbocycles. The maximum absolute atomic E-state index is 13.7. The lowest BCUT2D eigenvalue weighted by atomic mass is 10.2. The number of methoxy groups -OCH3 is 2. The Kier molecular flexibility index (Phi) is 9.95. The molecule has 0 aliphatic carbocycles. The molecule has 0 fully saturated rings. The van der Waals surface area contributed by atoms with Crippen molar-refractivity contribution in [1.82, 2.24) is 14.3 Å². The molecule has 1 N–H and O–H groups in total. The summed E-state index contributed by atoms with van der Waals surface area (Å²) in [5.41, 5.74) is 6.34. The molecule has 0 unspecified atom stereocenters. The van der Waals surface area contributed by atoms with Crippen LogP contribution in [0.15, 0.2) is 82.8 Å². The predicted molar refractivity (Wildman–Crippen MR) is 165 cm³/mol. The number of benzene rings is 3. The third-order valence-corrected chi connectivity index (χ3v) is 8.87. The standard InChI is InChI=1S/C30H30Cl2N4O5S/c1-20-14-23(21(2)36(20)27-15-24(31)10-12-26(27)32)17-33-34-30(37)19-35(18-22-8-6-5-7-9-22)42(38,39)25-11-13-28(40-3)29(16-25)41-4/h5-17H,18-19H2,1-4H3,(H,34,37)/b33-17+. The Morgan fingerprint density at radius 1 is 0.976 bits per heavy atom. The number of carbonyl (C=O) groups is 1. The molecule has 220 valence electrons. The fourth-order valence-electron chi connectivity index (χ4n) is 4.45. The predicted octanol–water partition coefficient (Wildman–Crippen LogP) is 5.76. The Labute approximate surface area is 255 Å². The van der Waals surface area contributed by atoms with Crippen molar-refractivity contribution in [3.05, 3.63) is 105 Å². The van der Waals surface area contributed by atoms with Gasteiger partial charge >= 0.3 is 0 Å². The normalized spacial score (nSPS) is 11.7. The molecular formula is C30H30Cl2N4O5S. The van der Waals surface area contributed by atoms with Gasteiger partial charge in [-0.2, -0.15) is 9.41 Å². The Balaban J connectivity index is 1.56. The van der Waals surface area contributed by atoms with Crippen molar-refractivity contribution in [2.45, 2.75) is 25.3 Å². The van der Waals surface area contributed by atoms with Crippen molar-refractivity contribution >= 4 is 45.3 Å². The van der Waals surface area contributed by atoms with E-state index in [0.717, 1.165) is 26.9 Å². The monoisotopic (exact) mass is 628 g/mol. The van der Waals surface area contributed by atoms with Gasteiger partial charge in [-0.25, -0.2) is 13.8 Å². The summed E-state index contributed by atoms with van der Waals surface area (Å²) in [4.78, 5) is 12.9. The summed E-state index contributed by atoms with van der Waals surface area (Å²) < 4.78 is 40.9. The van der Waals surface area contributed by atoms with Crippen LogP contribution in [-0.4, -0.2) is 50.2 Å². The molecule has 0 aliphatic heterocycles. The van der Waals surface area contributed by atoms with Gasteiger partial charge in [0, 0.05) is 34.6 Å². The van der Waals surface area contributed by atoms with Crippen LogP contribution in [-0.2, 0) is 21.4 Å². The lowest BCUT2D eigenvalue weighted by Gasteiger charge is -2.22. The molecule has 0 radical (unpaired) electrons. The number of hydrogen-bond acceptors (Lipinski definition) is 6. The zero-order valence-electron chi connectivity index (χ0n) is 23.5. The average Bonchev–Trinajstić information content (AvgIpc) is 3.26. The maximum Gasteiger partial charge on any atom is 0.255 e. The van der Waals surface area contributed by atoms with Crippen LogP contribution < -0.4 is 14.9 Å². The van der Waals surface area contributed by atoms with E-state index in [-0.39, 0.29) is 17.2 Å². The Morgan fingerprint density at radius 3 is 2.38 bits per heavy atom. The lowest BCUT2D eigenvalue weighted by molar-refractivity contribution is -0.121. The van der Waals surface area contributed by atoms with Gasteiger partial charge in [0.1, 0.15) is 0 Å². The van der Waals surface area contributed by atoms with Gasteiger partial charge in [0.25, 0.3) is 5.91 Å². The fourth-order valence-corrected chi connectivity index (χ4v) is 6.22. The highest BCUT2D eigenvalue weighted by molar-refractivity contribution is 7.89. The summed E-state index contributed by atoms with van der Waals surface area (Å²) in [7, 11) is -1.24. The Hall–Kier alpha value is -3.83. The second-order valence-corrected chi connectivity index (χ2v) is 12.1. The van der Waals surface area contributed by atoms with Crippen LogP contribution in [0.5, 0.6) is 11.5 Å². The van der Waals surface area contributed by atoms with Crippen LogP contribution in [0.4, 0.5) is 0 Å². The van der Waals surface area contributed by atoms with Crippen molar-refractivity contribution in [2.24, 2.45) is 5.10 Å². The van der Waals surface area contributed by atoms with E-state index in [2.05, 4.69) is 10.5 Å². The van der Waals surface area contributed by atoms with Crippen LogP contribution in [0.25, 0.3) is 5.69 Å². The molecule has 3 aromatic carbocycles. The minimum Gasteiger partial charge on any atom is -0.493 e. The van der Waals surface area contributed by atoms with E-state index in [0.29, 0.717) is 21.4 Å². The Morgan fingerprint density at radius 2 is 1.69 bits per heavy atom. The number of sulfonamides is 1. The van der Waals surface area contributed by atoms with E-state index in [1.807, 2.05) is 30.5 Å². The van der Waals surface area contributed by atoms with Gasteiger partial charge in [0.05, 0.1) is 42.6 Å². The van der Waals surface area contributed by atoms with Crippen LogP contribution in [0.1, 0.15) is 22.5 Å². The molecule has 4 rings (SSSR count). The van der Waals surface area contributed by atoms with E-state index >= 15 is 0 Å². The summed E-state index contributed by atoms with van der Waals surface area (Å²) in [5.74, 6) is 0.0250. The van der Waals surface area contributed by atoms with Gasteiger partial charge in [-0.1, -0.05) is 53.5 Å². The van der Waals surface area contributed by atoms with Gasteiger partial charge in [-0.3, -0.25) is 4.79 Å². The number of carbonyl (C=O) groups excluding carboxylic acids is 1. The van der Waals surface area contributed by atoms with E-state index in [4.69, 9.17) is 32.7 Å². The quantitative estimate of drug-likeness (QED) is 0.168. The largest absolute Gasteiger partial charge is 0.493 e. The molecule has 0 spiro atoms. The van der Waals surface area contributed by atoms with Crippen LogP contribution in [0, 0.1) is 13.8 Å². The van der Waals surface area contributed by atoms with E-state index in [1.54, 1.807) is 42.5 Å². The second kappa shape index (κ2) is 13.4. The molecule has 9 nitrogen and oxygen atoms in total. The summed E-state index contributed by atoms with van der Waals surface area (Å²) >= 11 is 12.6. The summed E-state index contributed by atoms with van der Waals surface area (Å²) in [6.07, 6.45) is 1.50. The number of nitrogens with one attached hydrogen (secondary N) is 1. The Bertz CT molecular complexity index is 1720. The van der Waals surface area contributed by atoms with Crippen LogP contribution >= 0.6 is 23.2 Å². The number of hydrogen-bond donors (Lipinski definition) is 1. The molecule has 0 atom stereocenters. The SMILES string of the molecule is COc1ccc(S(=O)(=O)N(CC(=O)N/N=C/c2cc(C)n(-c3cc(Cl)ccc3Cl)c2C)Cc2ccccc2)cc1OC. The first-order chi connectivity index (χ1) is 20.0. The number of ether oxygens (including phenoxy) is 2. The van der Waals surface area contributed by atoms with Crippen molar-refractivity contribution in [3.63, 3.8) is 0 Å². The summed E-state index contributed by atoms with van der Waals surface area (Å²) in [6, 6.07) is 20.4. The number of nitrogens with zero attached hydrogens (tertiary/aromatic N) is 3. The summed E-state index contributed by atoms with van der Waals surface area (Å²) in [5, 5.41) is 5.18. The molecule has 42 heavy (non-hydrogen) atoms. The topological polar surface area (TPSA) is 102 Å². The average molecular weight is 630 g/mol. The third kappa shape index (κ3) is 6.96. The van der Waals surface area contributed by atoms with E-state index < -0.39 is 22.5 Å². The van der Waals surface area contributed by atoms with Gasteiger partial charge in [0.15, 0.2) is 11.5 Å². The smallest absolute Gasteiger partial charge is 0.255 e. The molecule has 12 heteroatoms. The number of rotatable bonds is 11. The fraction of sp³-hybridized carbons (Fsp3) is 0.200. The molecule has 0 aliphatic rings.